The molecule has 1 aromatic heterocycles. The fourth-order valence-corrected chi connectivity index (χ4v) is 4.03. The Morgan fingerprint density at radius 1 is 1.10 bits per heavy atom. The lowest BCUT2D eigenvalue weighted by Crippen LogP contribution is -2.51. The zero-order valence-electron chi connectivity index (χ0n) is 17.5. The normalized spacial score (nSPS) is 16.2. The molecule has 0 saturated carbocycles. The first-order valence-electron chi connectivity index (χ1n) is 9.96. The van der Waals surface area contributed by atoms with Gasteiger partial charge in [0.2, 0.25) is 5.91 Å². The molecule has 8 heteroatoms. The van der Waals surface area contributed by atoms with Crippen LogP contribution in [0.15, 0.2) is 42.5 Å². The molecule has 0 fully saturated rings. The van der Waals surface area contributed by atoms with Crippen molar-refractivity contribution in [1.29, 1.82) is 0 Å². The first kappa shape index (κ1) is 21.5. The van der Waals surface area contributed by atoms with Crippen LogP contribution in [-0.2, 0) is 22.5 Å². The van der Waals surface area contributed by atoms with Crippen molar-refractivity contribution >= 4 is 51.8 Å². The zero-order valence-corrected chi connectivity index (χ0v) is 19.0. The summed E-state index contributed by atoms with van der Waals surface area (Å²) in [5, 5.41) is 5.03. The Kier molecular flexibility index (Phi) is 5.62. The summed E-state index contributed by atoms with van der Waals surface area (Å²) in [5.41, 5.74) is 2.69. The largest absolute Gasteiger partial charge is 0.444 e. The van der Waals surface area contributed by atoms with Gasteiger partial charge in [0.15, 0.2) is 0 Å². The van der Waals surface area contributed by atoms with Crippen LogP contribution in [0.3, 0.4) is 0 Å². The van der Waals surface area contributed by atoms with Gasteiger partial charge in [-0.2, -0.15) is 0 Å². The lowest BCUT2D eigenvalue weighted by atomic mass is 9.96. The minimum absolute atomic E-state index is 0.231. The average Bonchev–Trinajstić information content (AvgIpc) is 3.04. The maximum atomic E-state index is 13.2. The monoisotopic (exact) mass is 459 g/mol. The number of amides is 2. The number of ether oxygens (including phenoxy) is 1. The molecule has 0 radical (unpaired) electrons. The highest BCUT2D eigenvalue weighted by molar-refractivity contribution is 6.31. The zero-order chi connectivity index (χ0) is 22.3. The number of nitrogens with zero attached hydrogens (tertiary/aromatic N) is 1. The SMILES string of the molecule is CC(C)(C)OC(=O)N1Cc2[nH]c3ccc(Cl)cc3c2CC1C(=O)Nc1ccc(Cl)cc1. The molecular formula is C23H23Cl2N3O3. The third-order valence-corrected chi connectivity index (χ3v) is 5.59. The predicted octanol–water partition coefficient (Wildman–Crippen LogP) is 5.78. The van der Waals surface area contributed by atoms with Gasteiger partial charge in [-0.3, -0.25) is 9.69 Å². The number of fused-ring (bicyclic) bond motifs is 3. The topological polar surface area (TPSA) is 74.4 Å². The van der Waals surface area contributed by atoms with Crippen LogP contribution >= 0.6 is 23.2 Å². The average molecular weight is 460 g/mol. The van der Waals surface area contributed by atoms with Gasteiger partial charge < -0.3 is 15.0 Å². The van der Waals surface area contributed by atoms with Crippen LogP contribution < -0.4 is 5.32 Å². The summed E-state index contributed by atoms with van der Waals surface area (Å²) in [5.74, 6) is -0.296. The Morgan fingerprint density at radius 3 is 2.45 bits per heavy atom. The van der Waals surface area contributed by atoms with E-state index in [0.717, 1.165) is 22.2 Å². The molecule has 2 N–H and O–H groups in total. The molecule has 1 aliphatic rings. The van der Waals surface area contributed by atoms with E-state index in [0.29, 0.717) is 22.2 Å². The number of benzene rings is 2. The van der Waals surface area contributed by atoms with Crippen molar-refractivity contribution < 1.29 is 14.3 Å². The molecule has 2 heterocycles. The maximum absolute atomic E-state index is 13.2. The van der Waals surface area contributed by atoms with Crippen LogP contribution in [0.4, 0.5) is 10.5 Å². The molecule has 6 nitrogen and oxygen atoms in total. The number of anilines is 1. The van der Waals surface area contributed by atoms with Gasteiger partial charge in [0, 0.05) is 38.8 Å². The molecular weight excluding hydrogens is 437 g/mol. The van der Waals surface area contributed by atoms with Crippen LogP contribution in [0.2, 0.25) is 10.0 Å². The second kappa shape index (κ2) is 8.09. The van der Waals surface area contributed by atoms with Gasteiger partial charge in [0.25, 0.3) is 0 Å². The van der Waals surface area contributed by atoms with E-state index in [1.165, 1.54) is 4.90 Å². The number of carbonyl (C=O) groups is 2. The van der Waals surface area contributed by atoms with Crippen LogP contribution in [-0.4, -0.2) is 33.5 Å². The number of hydrogen-bond acceptors (Lipinski definition) is 3. The van der Waals surface area contributed by atoms with Crippen LogP contribution in [0.25, 0.3) is 10.9 Å². The fraction of sp³-hybridized carbons (Fsp3) is 0.304. The molecule has 1 unspecified atom stereocenters. The van der Waals surface area contributed by atoms with E-state index in [2.05, 4.69) is 10.3 Å². The summed E-state index contributed by atoms with van der Waals surface area (Å²) in [6, 6.07) is 11.7. The molecule has 1 aliphatic heterocycles. The van der Waals surface area contributed by atoms with Crippen LogP contribution in [0.5, 0.6) is 0 Å². The van der Waals surface area contributed by atoms with Crippen molar-refractivity contribution in [2.75, 3.05) is 5.32 Å². The number of aromatic nitrogens is 1. The van der Waals surface area contributed by atoms with Gasteiger partial charge in [0.05, 0.1) is 6.54 Å². The fourth-order valence-electron chi connectivity index (χ4n) is 3.73. The van der Waals surface area contributed by atoms with Gasteiger partial charge >= 0.3 is 6.09 Å². The Morgan fingerprint density at radius 2 is 1.77 bits per heavy atom. The number of aromatic amines is 1. The third kappa shape index (κ3) is 4.65. The van der Waals surface area contributed by atoms with Gasteiger partial charge in [-0.1, -0.05) is 23.2 Å². The third-order valence-electron chi connectivity index (χ3n) is 5.10. The molecule has 2 amide bonds. The van der Waals surface area contributed by atoms with Gasteiger partial charge in [-0.25, -0.2) is 4.79 Å². The van der Waals surface area contributed by atoms with E-state index in [9.17, 15) is 9.59 Å². The lowest BCUT2D eigenvalue weighted by Gasteiger charge is -2.35. The van der Waals surface area contributed by atoms with Crippen LogP contribution in [0, 0.1) is 0 Å². The molecule has 4 rings (SSSR count). The van der Waals surface area contributed by atoms with Crippen molar-refractivity contribution in [2.45, 2.75) is 45.4 Å². The van der Waals surface area contributed by atoms with E-state index in [-0.39, 0.29) is 12.5 Å². The standard InChI is InChI=1S/C23H23Cl2N3O3/c1-23(2,3)31-22(30)28-12-19-17(16-10-14(25)6-9-18(16)27-19)11-20(28)21(29)26-15-7-4-13(24)5-8-15/h4-10,20,27H,11-12H2,1-3H3,(H,26,29). The van der Waals surface area contributed by atoms with Gasteiger partial charge in [0.1, 0.15) is 11.6 Å². The van der Waals surface area contributed by atoms with E-state index in [1.807, 2.05) is 18.2 Å². The van der Waals surface area contributed by atoms with Crippen molar-refractivity contribution in [3.05, 3.63) is 63.8 Å². The second-order valence-electron chi connectivity index (χ2n) is 8.60. The minimum Gasteiger partial charge on any atom is -0.444 e. The highest BCUT2D eigenvalue weighted by Crippen LogP contribution is 2.33. The number of H-pyrrole nitrogens is 1. The number of rotatable bonds is 2. The lowest BCUT2D eigenvalue weighted by molar-refractivity contribution is -0.121. The molecule has 1 atom stereocenters. The van der Waals surface area contributed by atoms with Crippen molar-refractivity contribution in [2.24, 2.45) is 0 Å². The predicted molar refractivity (Wildman–Crippen MR) is 123 cm³/mol. The first-order valence-corrected chi connectivity index (χ1v) is 10.7. The Balaban J connectivity index is 1.69. The Bertz CT molecular complexity index is 1150. The summed E-state index contributed by atoms with van der Waals surface area (Å²) in [4.78, 5) is 31.0. The van der Waals surface area contributed by atoms with E-state index < -0.39 is 17.7 Å². The quantitative estimate of drug-likeness (QED) is 0.510. The molecule has 0 bridgehead atoms. The number of hydrogen-bond donors (Lipinski definition) is 2. The van der Waals surface area contributed by atoms with Crippen molar-refractivity contribution in [3.63, 3.8) is 0 Å². The summed E-state index contributed by atoms with van der Waals surface area (Å²) < 4.78 is 5.59. The summed E-state index contributed by atoms with van der Waals surface area (Å²) in [6.07, 6.45) is -0.194. The van der Waals surface area contributed by atoms with Crippen molar-refractivity contribution in [1.82, 2.24) is 9.88 Å². The van der Waals surface area contributed by atoms with E-state index >= 15 is 0 Å². The van der Waals surface area contributed by atoms with Crippen molar-refractivity contribution in [3.8, 4) is 0 Å². The van der Waals surface area contributed by atoms with E-state index in [4.69, 9.17) is 27.9 Å². The summed E-state index contributed by atoms with van der Waals surface area (Å²) >= 11 is 12.1. The molecule has 0 spiro atoms. The molecule has 162 valence electrons. The number of nitrogens with one attached hydrogen (secondary N) is 2. The Hall–Kier alpha value is -2.70. The van der Waals surface area contributed by atoms with Gasteiger partial charge in [-0.15, -0.1) is 0 Å². The second-order valence-corrected chi connectivity index (χ2v) is 9.47. The van der Waals surface area contributed by atoms with Crippen LogP contribution in [0.1, 0.15) is 32.0 Å². The first-order chi connectivity index (χ1) is 14.6. The molecule has 2 aromatic carbocycles. The molecule has 3 aromatic rings. The highest BCUT2D eigenvalue weighted by Gasteiger charge is 2.38. The number of carbonyl (C=O) groups excluding carboxylic acids is 2. The smallest absolute Gasteiger partial charge is 0.411 e. The molecule has 0 aliphatic carbocycles. The molecule has 0 saturated heterocycles. The highest BCUT2D eigenvalue weighted by atomic mass is 35.5. The number of halogens is 2. The minimum atomic E-state index is -0.740. The maximum Gasteiger partial charge on any atom is 0.411 e. The Labute approximate surface area is 190 Å². The van der Waals surface area contributed by atoms with E-state index in [1.54, 1.807) is 45.0 Å². The summed E-state index contributed by atoms with van der Waals surface area (Å²) in [6.45, 7) is 5.63. The molecule has 31 heavy (non-hydrogen) atoms. The summed E-state index contributed by atoms with van der Waals surface area (Å²) in [7, 11) is 0. The van der Waals surface area contributed by atoms with Gasteiger partial charge in [-0.05, 0) is 68.8 Å².